The number of hydrogen-bond acceptors (Lipinski definition) is 3. The highest BCUT2D eigenvalue weighted by Crippen LogP contribution is 2.05. The van der Waals surface area contributed by atoms with E-state index < -0.39 is 10.1 Å². The first-order chi connectivity index (χ1) is 7.50. The molecule has 0 amide bonds. The van der Waals surface area contributed by atoms with Crippen LogP contribution < -0.4 is 0 Å². The Bertz CT molecular complexity index is 506. The largest absolute Gasteiger partial charge is 0.351 e. The summed E-state index contributed by atoms with van der Waals surface area (Å²) in [6, 6.07) is 7.42. The van der Waals surface area contributed by atoms with Gasteiger partial charge in [-0.3, -0.25) is 4.55 Å². The molecule has 5 nitrogen and oxygen atoms in total. The Morgan fingerprint density at radius 3 is 2.12 bits per heavy atom. The first kappa shape index (κ1) is 12.4. The van der Waals surface area contributed by atoms with E-state index in [9.17, 15) is 8.42 Å². The summed E-state index contributed by atoms with van der Waals surface area (Å²) in [7, 11) is -4.00. The van der Waals surface area contributed by atoms with Crippen molar-refractivity contribution in [1.29, 1.82) is 0 Å². The minimum atomic E-state index is -4.00. The molecule has 6 heteroatoms. The van der Waals surface area contributed by atoms with Gasteiger partial charge in [-0.1, -0.05) is 18.2 Å². The lowest BCUT2D eigenvalue weighted by atomic mass is 10.4. The van der Waals surface area contributed by atoms with Crippen molar-refractivity contribution in [3.63, 3.8) is 0 Å². The molecule has 1 aromatic heterocycles. The van der Waals surface area contributed by atoms with Gasteiger partial charge in [0, 0.05) is 6.20 Å². The van der Waals surface area contributed by atoms with Gasteiger partial charge in [-0.05, 0) is 19.1 Å². The van der Waals surface area contributed by atoms with Crippen LogP contribution >= 0.6 is 0 Å². The topological polar surface area (TPSA) is 83.0 Å². The van der Waals surface area contributed by atoms with Crippen LogP contribution in [0.1, 0.15) is 5.69 Å². The number of nitrogens with zero attached hydrogens (tertiary/aromatic N) is 1. The number of imidazole rings is 1. The highest BCUT2D eigenvalue weighted by Gasteiger charge is 2.05. The fourth-order valence-corrected chi connectivity index (χ4v) is 1.43. The molecule has 0 fully saturated rings. The molecule has 86 valence electrons. The first-order valence-electron chi connectivity index (χ1n) is 4.48. The van der Waals surface area contributed by atoms with Gasteiger partial charge in [0.15, 0.2) is 0 Å². The molecule has 0 aliphatic heterocycles. The summed E-state index contributed by atoms with van der Waals surface area (Å²) in [5, 5.41) is 0. The minimum Gasteiger partial charge on any atom is -0.351 e. The number of aryl methyl sites for hydroxylation is 1. The van der Waals surface area contributed by atoms with Gasteiger partial charge >= 0.3 is 0 Å². The summed E-state index contributed by atoms with van der Waals surface area (Å²) in [5.74, 6) is 0. The standard InChI is InChI=1S/C6H6O3S.C4H6N2/c7-10(8,9)6-4-2-1-3-5-6;1-4-2-5-3-6-4/h1-5H,(H,7,8,9);2-3H,1H3,(H,5,6). The molecule has 2 rings (SSSR count). The molecule has 1 heterocycles. The van der Waals surface area contributed by atoms with Gasteiger partial charge in [-0.15, -0.1) is 0 Å². The fourth-order valence-electron chi connectivity index (χ4n) is 0.927. The summed E-state index contributed by atoms with van der Waals surface area (Å²) >= 11 is 0. The van der Waals surface area contributed by atoms with Gasteiger partial charge in [-0.25, -0.2) is 4.98 Å². The van der Waals surface area contributed by atoms with Crippen molar-refractivity contribution in [1.82, 2.24) is 9.97 Å². The van der Waals surface area contributed by atoms with Crippen LogP contribution in [0.25, 0.3) is 0 Å². The molecule has 16 heavy (non-hydrogen) atoms. The van der Waals surface area contributed by atoms with Crippen LogP contribution in [-0.2, 0) is 10.1 Å². The molecule has 0 aliphatic rings. The zero-order chi connectivity index (χ0) is 12.0. The van der Waals surface area contributed by atoms with Gasteiger partial charge in [-0.2, -0.15) is 8.42 Å². The van der Waals surface area contributed by atoms with Gasteiger partial charge in [0.25, 0.3) is 10.1 Å². The number of nitrogens with one attached hydrogen (secondary N) is 1. The SMILES string of the molecule is Cc1c[nH]cn1.O=S(=O)(O)c1ccccc1. The van der Waals surface area contributed by atoms with Crippen molar-refractivity contribution < 1.29 is 13.0 Å². The van der Waals surface area contributed by atoms with Gasteiger partial charge in [0.1, 0.15) is 0 Å². The Labute approximate surface area is 93.9 Å². The molecule has 0 saturated heterocycles. The highest BCUT2D eigenvalue weighted by molar-refractivity contribution is 7.85. The second kappa shape index (κ2) is 5.43. The molecule has 2 N–H and O–H groups in total. The Kier molecular flexibility index (Phi) is 4.21. The van der Waals surface area contributed by atoms with Gasteiger partial charge in [0.05, 0.1) is 16.9 Å². The Morgan fingerprint density at radius 2 is 1.88 bits per heavy atom. The third-order valence-corrected chi connectivity index (χ3v) is 2.54. The second-order valence-corrected chi connectivity index (χ2v) is 4.42. The number of H-pyrrole nitrogens is 1. The van der Waals surface area contributed by atoms with Crippen molar-refractivity contribution in [2.75, 3.05) is 0 Å². The van der Waals surface area contributed by atoms with Crippen LogP contribution in [0.4, 0.5) is 0 Å². The van der Waals surface area contributed by atoms with E-state index in [1.165, 1.54) is 12.1 Å². The molecule has 0 atom stereocenters. The number of rotatable bonds is 1. The lowest BCUT2D eigenvalue weighted by molar-refractivity contribution is 0.483. The van der Waals surface area contributed by atoms with E-state index in [1.54, 1.807) is 24.5 Å². The molecule has 0 bridgehead atoms. The maximum Gasteiger partial charge on any atom is 0.294 e. The quantitative estimate of drug-likeness (QED) is 0.742. The Hall–Kier alpha value is -1.66. The molecule has 0 radical (unpaired) electrons. The molecule has 1 aromatic carbocycles. The number of aromatic nitrogens is 2. The van der Waals surface area contributed by atoms with Crippen molar-refractivity contribution in [3.05, 3.63) is 48.5 Å². The maximum absolute atomic E-state index is 10.4. The van der Waals surface area contributed by atoms with E-state index in [4.69, 9.17) is 4.55 Å². The Balaban J connectivity index is 0.000000181. The smallest absolute Gasteiger partial charge is 0.294 e. The number of aromatic amines is 1. The third-order valence-electron chi connectivity index (χ3n) is 1.68. The summed E-state index contributed by atoms with van der Waals surface area (Å²) in [6.45, 7) is 1.94. The maximum atomic E-state index is 10.4. The number of hydrogen-bond donors (Lipinski definition) is 2. The third kappa shape index (κ3) is 4.24. The van der Waals surface area contributed by atoms with Crippen LogP contribution in [0.5, 0.6) is 0 Å². The molecule has 0 spiro atoms. The molecule has 0 aliphatic carbocycles. The van der Waals surface area contributed by atoms with Crippen LogP contribution in [0.2, 0.25) is 0 Å². The lowest BCUT2D eigenvalue weighted by Crippen LogP contribution is -1.96. The second-order valence-electron chi connectivity index (χ2n) is 3.00. The molecular weight excluding hydrogens is 228 g/mol. The van der Waals surface area contributed by atoms with E-state index in [1.807, 2.05) is 13.1 Å². The predicted octanol–water partition coefficient (Wildman–Crippen LogP) is 1.65. The molecule has 0 unspecified atom stereocenters. The van der Waals surface area contributed by atoms with E-state index in [-0.39, 0.29) is 4.90 Å². The normalized spacial score (nSPS) is 10.4. The molecule has 2 aromatic rings. The van der Waals surface area contributed by atoms with Gasteiger partial charge < -0.3 is 4.98 Å². The van der Waals surface area contributed by atoms with Crippen molar-refractivity contribution >= 4 is 10.1 Å². The van der Waals surface area contributed by atoms with E-state index in [0.717, 1.165) is 5.69 Å². The fraction of sp³-hybridized carbons (Fsp3) is 0.100. The lowest BCUT2D eigenvalue weighted by Gasteiger charge is -1.92. The summed E-state index contributed by atoms with van der Waals surface area (Å²) in [5.41, 5.74) is 1.04. The first-order valence-corrected chi connectivity index (χ1v) is 5.92. The highest BCUT2D eigenvalue weighted by atomic mass is 32.2. The zero-order valence-electron chi connectivity index (χ0n) is 8.66. The summed E-state index contributed by atoms with van der Waals surface area (Å²) in [6.07, 6.45) is 3.51. The van der Waals surface area contributed by atoms with Crippen LogP contribution in [-0.4, -0.2) is 22.9 Å². The number of benzene rings is 1. The van der Waals surface area contributed by atoms with Crippen molar-refractivity contribution in [2.45, 2.75) is 11.8 Å². The average molecular weight is 240 g/mol. The van der Waals surface area contributed by atoms with Crippen molar-refractivity contribution in [2.24, 2.45) is 0 Å². The molecule has 0 saturated carbocycles. The average Bonchev–Trinajstić information content (AvgIpc) is 2.70. The Morgan fingerprint density at radius 1 is 1.25 bits per heavy atom. The monoisotopic (exact) mass is 240 g/mol. The van der Waals surface area contributed by atoms with Gasteiger partial charge in [0.2, 0.25) is 0 Å². The van der Waals surface area contributed by atoms with E-state index in [2.05, 4.69) is 9.97 Å². The van der Waals surface area contributed by atoms with Crippen molar-refractivity contribution in [3.8, 4) is 0 Å². The van der Waals surface area contributed by atoms with E-state index >= 15 is 0 Å². The molecular formula is C10H12N2O3S. The summed E-state index contributed by atoms with van der Waals surface area (Å²) < 4.78 is 29.2. The predicted molar refractivity (Wildman–Crippen MR) is 59.6 cm³/mol. The van der Waals surface area contributed by atoms with E-state index in [0.29, 0.717) is 0 Å². The zero-order valence-corrected chi connectivity index (χ0v) is 9.48. The van der Waals surface area contributed by atoms with Crippen LogP contribution in [0.15, 0.2) is 47.8 Å². The van der Waals surface area contributed by atoms with Crippen LogP contribution in [0, 0.1) is 6.92 Å². The summed E-state index contributed by atoms with van der Waals surface area (Å²) in [4.78, 5) is 6.61. The van der Waals surface area contributed by atoms with Crippen LogP contribution in [0.3, 0.4) is 0 Å². The minimum absolute atomic E-state index is 0.0741.